The number of rotatable bonds is 6. The Bertz CT molecular complexity index is 384. The number of carbonyl (C=O) groups excluding carboxylic acids is 1. The van der Waals surface area contributed by atoms with Crippen LogP contribution in [0.15, 0.2) is 48.0 Å². The summed E-state index contributed by atoms with van der Waals surface area (Å²) < 4.78 is 4.71. The van der Waals surface area contributed by atoms with E-state index in [4.69, 9.17) is 4.74 Å². The van der Waals surface area contributed by atoms with E-state index in [1.54, 1.807) is 12.3 Å². The topological polar surface area (TPSA) is 38.7 Å². The molecule has 0 amide bonds. The van der Waals surface area contributed by atoms with Crippen molar-refractivity contribution in [2.24, 2.45) is 4.99 Å². The van der Waals surface area contributed by atoms with Gasteiger partial charge in [-0.2, -0.15) is 0 Å². The predicted molar refractivity (Wildman–Crippen MR) is 69.3 cm³/mol. The Morgan fingerprint density at radius 1 is 1.47 bits per heavy atom. The number of aliphatic imine (C=N–C) groups is 1. The van der Waals surface area contributed by atoms with Crippen molar-refractivity contribution in [3.05, 3.63) is 48.6 Å². The Morgan fingerprint density at radius 3 is 2.76 bits per heavy atom. The van der Waals surface area contributed by atoms with Gasteiger partial charge in [-0.25, -0.2) is 4.79 Å². The van der Waals surface area contributed by atoms with Gasteiger partial charge in [0.15, 0.2) is 0 Å². The molecule has 1 atom stereocenters. The Balaban J connectivity index is 2.68. The van der Waals surface area contributed by atoms with E-state index < -0.39 is 6.04 Å². The van der Waals surface area contributed by atoms with E-state index in [0.29, 0.717) is 6.42 Å². The van der Waals surface area contributed by atoms with Gasteiger partial charge in [0.25, 0.3) is 0 Å². The first-order chi connectivity index (χ1) is 8.27. The summed E-state index contributed by atoms with van der Waals surface area (Å²) in [5.41, 5.74) is 0.972. The van der Waals surface area contributed by atoms with Crippen molar-refractivity contribution < 1.29 is 9.53 Å². The first kappa shape index (κ1) is 13.2. The molecule has 0 bridgehead atoms. The molecule has 3 heteroatoms. The zero-order valence-electron chi connectivity index (χ0n) is 10.0. The zero-order chi connectivity index (χ0) is 12.5. The monoisotopic (exact) mass is 231 g/mol. The molecule has 0 saturated carbocycles. The van der Waals surface area contributed by atoms with Crippen LogP contribution in [-0.2, 0) is 9.53 Å². The van der Waals surface area contributed by atoms with Gasteiger partial charge in [0.2, 0.25) is 0 Å². The summed E-state index contributed by atoms with van der Waals surface area (Å²) in [6.07, 6.45) is 4.84. The largest absolute Gasteiger partial charge is 0.467 e. The van der Waals surface area contributed by atoms with Gasteiger partial charge < -0.3 is 4.74 Å². The van der Waals surface area contributed by atoms with Gasteiger partial charge in [-0.05, 0) is 18.4 Å². The zero-order valence-corrected chi connectivity index (χ0v) is 10.0. The Kier molecular flexibility index (Phi) is 5.72. The standard InChI is InChI=1S/C14H17NO2/c1-3-4-10-13(14(16)17-2)15-11-12-8-6-5-7-9-12/h3,5-9,11,13H,1,4,10H2,2H3/b15-11+. The van der Waals surface area contributed by atoms with Crippen LogP contribution in [0.2, 0.25) is 0 Å². The molecule has 0 aliphatic carbocycles. The summed E-state index contributed by atoms with van der Waals surface area (Å²) in [4.78, 5) is 15.7. The van der Waals surface area contributed by atoms with Crippen molar-refractivity contribution in [2.75, 3.05) is 7.11 Å². The molecule has 0 N–H and O–H groups in total. The third kappa shape index (κ3) is 4.64. The SMILES string of the molecule is C=CCCC(/N=C/c1ccccc1)C(=O)OC. The highest BCUT2D eigenvalue weighted by atomic mass is 16.5. The van der Waals surface area contributed by atoms with Crippen LogP contribution in [0.3, 0.4) is 0 Å². The van der Waals surface area contributed by atoms with E-state index in [9.17, 15) is 4.79 Å². The van der Waals surface area contributed by atoms with Crippen molar-refractivity contribution in [3.8, 4) is 0 Å². The van der Waals surface area contributed by atoms with Crippen molar-refractivity contribution in [2.45, 2.75) is 18.9 Å². The van der Waals surface area contributed by atoms with Gasteiger partial charge in [-0.1, -0.05) is 36.4 Å². The van der Waals surface area contributed by atoms with Crippen LogP contribution in [0.25, 0.3) is 0 Å². The number of ether oxygens (including phenoxy) is 1. The van der Waals surface area contributed by atoms with Gasteiger partial charge in [-0.15, -0.1) is 6.58 Å². The summed E-state index contributed by atoms with van der Waals surface area (Å²) in [6, 6.07) is 9.22. The van der Waals surface area contributed by atoms with E-state index in [1.165, 1.54) is 7.11 Å². The molecule has 0 radical (unpaired) electrons. The molecule has 1 aromatic rings. The van der Waals surface area contributed by atoms with Crippen LogP contribution >= 0.6 is 0 Å². The molecule has 0 spiro atoms. The summed E-state index contributed by atoms with van der Waals surface area (Å²) in [5.74, 6) is -0.306. The van der Waals surface area contributed by atoms with Crippen molar-refractivity contribution in [1.29, 1.82) is 0 Å². The van der Waals surface area contributed by atoms with Crippen LogP contribution < -0.4 is 0 Å². The smallest absolute Gasteiger partial charge is 0.330 e. The minimum Gasteiger partial charge on any atom is -0.467 e. The molecular weight excluding hydrogens is 214 g/mol. The molecular formula is C14H17NO2. The summed E-state index contributed by atoms with van der Waals surface area (Å²) in [6.45, 7) is 3.63. The average Bonchev–Trinajstić information content (AvgIpc) is 2.39. The third-order valence-corrected chi connectivity index (χ3v) is 2.32. The first-order valence-corrected chi connectivity index (χ1v) is 5.55. The Hall–Kier alpha value is -1.90. The van der Waals surface area contributed by atoms with Gasteiger partial charge in [0.05, 0.1) is 7.11 Å². The minimum atomic E-state index is -0.446. The van der Waals surface area contributed by atoms with Crippen molar-refractivity contribution in [1.82, 2.24) is 0 Å². The fourth-order valence-corrected chi connectivity index (χ4v) is 1.38. The maximum atomic E-state index is 11.5. The quantitative estimate of drug-likeness (QED) is 0.429. The van der Waals surface area contributed by atoms with E-state index in [-0.39, 0.29) is 5.97 Å². The maximum absolute atomic E-state index is 11.5. The highest BCUT2D eigenvalue weighted by Gasteiger charge is 2.15. The number of nitrogens with zero attached hydrogens (tertiary/aromatic N) is 1. The lowest BCUT2D eigenvalue weighted by atomic mass is 10.1. The summed E-state index contributed by atoms with van der Waals surface area (Å²) in [5, 5.41) is 0. The molecule has 17 heavy (non-hydrogen) atoms. The molecule has 90 valence electrons. The number of carbonyl (C=O) groups is 1. The molecule has 3 nitrogen and oxygen atoms in total. The average molecular weight is 231 g/mol. The summed E-state index contributed by atoms with van der Waals surface area (Å²) in [7, 11) is 1.38. The molecule has 0 aromatic heterocycles. The third-order valence-electron chi connectivity index (χ3n) is 2.32. The Labute approximate surface area is 102 Å². The lowest BCUT2D eigenvalue weighted by molar-refractivity contribution is -0.142. The second kappa shape index (κ2) is 7.39. The highest BCUT2D eigenvalue weighted by molar-refractivity contribution is 5.83. The second-order valence-electron chi connectivity index (χ2n) is 3.59. The van der Waals surface area contributed by atoms with E-state index in [2.05, 4.69) is 11.6 Å². The number of benzene rings is 1. The van der Waals surface area contributed by atoms with Crippen LogP contribution in [0.5, 0.6) is 0 Å². The second-order valence-corrected chi connectivity index (χ2v) is 3.59. The molecule has 1 rings (SSSR count). The normalized spacial score (nSPS) is 12.3. The number of allylic oxidation sites excluding steroid dienone is 1. The maximum Gasteiger partial charge on any atom is 0.330 e. The predicted octanol–water partition coefficient (Wildman–Crippen LogP) is 2.61. The summed E-state index contributed by atoms with van der Waals surface area (Å²) >= 11 is 0. The molecule has 0 saturated heterocycles. The van der Waals surface area contributed by atoms with E-state index in [0.717, 1.165) is 12.0 Å². The van der Waals surface area contributed by atoms with Crippen LogP contribution in [0.4, 0.5) is 0 Å². The van der Waals surface area contributed by atoms with Gasteiger partial charge >= 0.3 is 5.97 Å². The Morgan fingerprint density at radius 2 is 2.18 bits per heavy atom. The molecule has 0 fully saturated rings. The van der Waals surface area contributed by atoms with Crippen LogP contribution in [0.1, 0.15) is 18.4 Å². The number of hydrogen-bond acceptors (Lipinski definition) is 3. The fourth-order valence-electron chi connectivity index (χ4n) is 1.38. The highest BCUT2D eigenvalue weighted by Crippen LogP contribution is 2.05. The van der Waals surface area contributed by atoms with Crippen molar-refractivity contribution in [3.63, 3.8) is 0 Å². The molecule has 0 heterocycles. The van der Waals surface area contributed by atoms with Crippen LogP contribution in [-0.4, -0.2) is 25.3 Å². The number of methoxy groups -OCH3 is 1. The van der Waals surface area contributed by atoms with E-state index in [1.807, 2.05) is 30.3 Å². The van der Waals surface area contributed by atoms with E-state index >= 15 is 0 Å². The molecule has 1 unspecified atom stereocenters. The lowest BCUT2D eigenvalue weighted by Crippen LogP contribution is -2.20. The lowest BCUT2D eigenvalue weighted by Gasteiger charge is -2.08. The van der Waals surface area contributed by atoms with Gasteiger partial charge in [0, 0.05) is 6.21 Å². The van der Waals surface area contributed by atoms with Crippen molar-refractivity contribution >= 4 is 12.2 Å². The first-order valence-electron chi connectivity index (χ1n) is 5.55. The van der Waals surface area contributed by atoms with Crippen LogP contribution in [0, 0.1) is 0 Å². The minimum absolute atomic E-state index is 0.306. The molecule has 1 aromatic carbocycles. The number of hydrogen-bond donors (Lipinski definition) is 0. The molecule has 0 aliphatic rings. The fraction of sp³-hybridized carbons (Fsp3) is 0.286. The van der Waals surface area contributed by atoms with Gasteiger partial charge in [-0.3, -0.25) is 4.99 Å². The van der Waals surface area contributed by atoms with Gasteiger partial charge in [0.1, 0.15) is 6.04 Å². The molecule has 0 aliphatic heterocycles. The number of esters is 1.